The predicted octanol–water partition coefficient (Wildman–Crippen LogP) is 0.968. The Labute approximate surface area is 125 Å². The summed E-state index contributed by atoms with van der Waals surface area (Å²) in [6.45, 7) is 3.50. The quantitative estimate of drug-likeness (QED) is 0.581. The first-order chi connectivity index (χ1) is 9.90. The fourth-order valence-electron chi connectivity index (χ4n) is 1.64. The van der Waals surface area contributed by atoms with Crippen molar-refractivity contribution in [3.05, 3.63) is 35.6 Å². The van der Waals surface area contributed by atoms with Crippen LogP contribution in [0.4, 0.5) is 4.39 Å². The Kier molecular flexibility index (Phi) is 7.14. The first-order valence-electron chi connectivity index (χ1n) is 6.85. The third-order valence-electron chi connectivity index (χ3n) is 2.70. The molecule has 0 saturated carbocycles. The molecule has 118 valence electrons. The number of halogens is 1. The van der Waals surface area contributed by atoms with Crippen LogP contribution in [-0.2, 0) is 16.3 Å². The highest BCUT2D eigenvalue weighted by atomic mass is 32.2. The van der Waals surface area contributed by atoms with E-state index >= 15 is 0 Å². The molecule has 5 nitrogen and oxygen atoms in total. The van der Waals surface area contributed by atoms with E-state index in [0.29, 0.717) is 19.0 Å². The van der Waals surface area contributed by atoms with Crippen molar-refractivity contribution < 1.29 is 12.8 Å². The van der Waals surface area contributed by atoms with Crippen molar-refractivity contribution in [2.75, 3.05) is 31.6 Å². The van der Waals surface area contributed by atoms with E-state index in [9.17, 15) is 12.8 Å². The van der Waals surface area contributed by atoms with Crippen LogP contribution in [0.3, 0.4) is 0 Å². The van der Waals surface area contributed by atoms with E-state index < -0.39 is 9.84 Å². The number of nitrogens with zero attached hydrogens (tertiary/aromatic N) is 1. The topological polar surface area (TPSA) is 70.6 Å². The van der Waals surface area contributed by atoms with E-state index in [2.05, 4.69) is 15.6 Å². The Morgan fingerprint density at radius 1 is 1.24 bits per heavy atom. The van der Waals surface area contributed by atoms with Gasteiger partial charge in [-0.05, 0) is 31.0 Å². The van der Waals surface area contributed by atoms with Crippen molar-refractivity contribution in [2.24, 2.45) is 4.99 Å². The van der Waals surface area contributed by atoms with Gasteiger partial charge >= 0.3 is 0 Å². The number of hydrogen-bond acceptors (Lipinski definition) is 3. The van der Waals surface area contributed by atoms with Gasteiger partial charge in [-0.2, -0.15) is 0 Å². The van der Waals surface area contributed by atoms with Crippen molar-refractivity contribution >= 4 is 15.8 Å². The van der Waals surface area contributed by atoms with Gasteiger partial charge in [0.2, 0.25) is 0 Å². The van der Waals surface area contributed by atoms with E-state index in [1.165, 1.54) is 18.4 Å². The monoisotopic (exact) mass is 315 g/mol. The van der Waals surface area contributed by atoms with Crippen molar-refractivity contribution in [3.63, 3.8) is 0 Å². The molecule has 0 aliphatic carbocycles. The third kappa shape index (κ3) is 8.29. The number of aliphatic imine (C=N–C) groups is 1. The molecule has 21 heavy (non-hydrogen) atoms. The maximum Gasteiger partial charge on any atom is 0.191 e. The average molecular weight is 315 g/mol. The van der Waals surface area contributed by atoms with Crippen LogP contribution in [0.15, 0.2) is 29.3 Å². The number of benzene rings is 1. The van der Waals surface area contributed by atoms with Crippen LogP contribution < -0.4 is 10.6 Å². The van der Waals surface area contributed by atoms with E-state index in [1.807, 2.05) is 6.92 Å². The van der Waals surface area contributed by atoms with Crippen LogP contribution in [0.25, 0.3) is 0 Å². The fourth-order valence-corrected chi connectivity index (χ4v) is 2.06. The van der Waals surface area contributed by atoms with E-state index in [0.717, 1.165) is 12.0 Å². The Morgan fingerprint density at radius 2 is 1.90 bits per heavy atom. The third-order valence-corrected chi connectivity index (χ3v) is 3.62. The van der Waals surface area contributed by atoms with Gasteiger partial charge in [0.05, 0.1) is 12.3 Å². The minimum absolute atomic E-state index is 0.0293. The lowest BCUT2D eigenvalue weighted by molar-refractivity contribution is 0.601. The van der Waals surface area contributed by atoms with Crippen LogP contribution in [0.1, 0.15) is 12.5 Å². The van der Waals surface area contributed by atoms with Gasteiger partial charge in [-0.1, -0.05) is 12.1 Å². The highest BCUT2D eigenvalue weighted by Gasteiger charge is 2.02. The number of rotatable bonds is 7. The number of nitrogens with one attached hydrogen (secondary N) is 2. The second-order valence-electron chi connectivity index (χ2n) is 4.69. The second kappa shape index (κ2) is 8.61. The lowest BCUT2D eigenvalue weighted by Gasteiger charge is -2.11. The van der Waals surface area contributed by atoms with E-state index in [4.69, 9.17) is 0 Å². The lowest BCUT2D eigenvalue weighted by atomic mass is 10.1. The molecule has 0 heterocycles. The summed E-state index contributed by atoms with van der Waals surface area (Å²) in [5.74, 6) is 0.368. The minimum Gasteiger partial charge on any atom is -0.357 e. The molecule has 1 aromatic carbocycles. The average Bonchev–Trinajstić information content (AvgIpc) is 2.39. The number of sulfone groups is 1. The summed E-state index contributed by atoms with van der Waals surface area (Å²) in [6, 6.07) is 6.34. The molecule has 0 saturated heterocycles. The first-order valence-corrected chi connectivity index (χ1v) is 8.91. The molecule has 0 amide bonds. The Morgan fingerprint density at radius 3 is 2.48 bits per heavy atom. The molecule has 0 aromatic heterocycles. The Bertz CT molecular complexity index is 556. The summed E-state index contributed by atoms with van der Waals surface area (Å²) in [6.07, 6.45) is 1.92. The molecule has 7 heteroatoms. The van der Waals surface area contributed by atoms with Crippen LogP contribution in [-0.4, -0.2) is 46.0 Å². The minimum atomic E-state index is -3.00. The highest BCUT2D eigenvalue weighted by Crippen LogP contribution is 2.02. The molecule has 0 unspecified atom stereocenters. The van der Waals surface area contributed by atoms with Gasteiger partial charge in [-0.3, -0.25) is 4.99 Å². The van der Waals surface area contributed by atoms with Gasteiger partial charge in [0.1, 0.15) is 15.7 Å². The number of hydrogen-bond donors (Lipinski definition) is 2. The van der Waals surface area contributed by atoms with Gasteiger partial charge < -0.3 is 10.6 Å². The van der Waals surface area contributed by atoms with Gasteiger partial charge in [0, 0.05) is 19.3 Å². The SMILES string of the molecule is CCNC(=NCCS(C)(=O)=O)NCCc1ccc(F)cc1. The highest BCUT2D eigenvalue weighted by molar-refractivity contribution is 7.90. The zero-order valence-electron chi connectivity index (χ0n) is 12.4. The van der Waals surface area contributed by atoms with Crippen LogP contribution in [0.2, 0.25) is 0 Å². The van der Waals surface area contributed by atoms with Gasteiger partial charge in [0.15, 0.2) is 5.96 Å². The molecule has 0 atom stereocenters. The second-order valence-corrected chi connectivity index (χ2v) is 6.95. The molecular formula is C14H22FN3O2S. The summed E-state index contributed by atoms with van der Waals surface area (Å²) in [4.78, 5) is 4.20. The lowest BCUT2D eigenvalue weighted by Crippen LogP contribution is -2.38. The summed E-state index contributed by atoms with van der Waals surface area (Å²) < 4.78 is 34.9. The van der Waals surface area contributed by atoms with Gasteiger partial charge in [0.25, 0.3) is 0 Å². The molecule has 0 aliphatic rings. The zero-order chi connectivity index (χ0) is 15.7. The van der Waals surface area contributed by atoms with E-state index in [-0.39, 0.29) is 18.1 Å². The van der Waals surface area contributed by atoms with Gasteiger partial charge in [-0.25, -0.2) is 12.8 Å². The molecule has 1 rings (SSSR count). The normalized spacial score (nSPS) is 12.2. The smallest absolute Gasteiger partial charge is 0.191 e. The van der Waals surface area contributed by atoms with Crippen LogP contribution >= 0.6 is 0 Å². The summed E-state index contributed by atoms with van der Waals surface area (Å²) in [7, 11) is -3.00. The van der Waals surface area contributed by atoms with Crippen LogP contribution in [0.5, 0.6) is 0 Å². The van der Waals surface area contributed by atoms with E-state index in [1.54, 1.807) is 12.1 Å². The maximum atomic E-state index is 12.8. The largest absolute Gasteiger partial charge is 0.357 e. The summed E-state index contributed by atoms with van der Waals surface area (Å²) >= 11 is 0. The summed E-state index contributed by atoms with van der Waals surface area (Å²) in [5, 5.41) is 6.17. The Hall–Kier alpha value is -1.63. The fraction of sp³-hybridized carbons (Fsp3) is 0.500. The van der Waals surface area contributed by atoms with Crippen molar-refractivity contribution in [2.45, 2.75) is 13.3 Å². The summed E-state index contributed by atoms with van der Waals surface area (Å²) in [5.41, 5.74) is 1.02. The maximum absolute atomic E-state index is 12.8. The standard InChI is InChI=1S/C14H22FN3O2S/c1-3-16-14(18-10-11-21(2,19)20)17-9-8-12-4-6-13(15)7-5-12/h4-7H,3,8-11H2,1-2H3,(H2,16,17,18). The number of guanidine groups is 1. The predicted molar refractivity (Wildman–Crippen MR) is 83.8 cm³/mol. The first kappa shape index (κ1) is 17.4. The molecule has 0 radical (unpaired) electrons. The molecule has 0 fully saturated rings. The molecule has 0 aliphatic heterocycles. The zero-order valence-corrected chi connectivity index (χ0v) is 13.2. The van der Waals surface area contributed by atoms with Gasteiger partial charge in [-0.15, -0.1) is 0 Å². The molecule has 0 bridgehead atoms. The molecule has 2 N–H and O–H groups in total. The van der Waals surface area contributed by atoms with Crippen LogP contribution in [0, 0.1) is 5.82 Å². The van der Waals surface area contributed by atoms with Crippen molar-refractivity contribution in [3.8, 4) is 0 Å². The van der Waals surface area contributed by atoms with Crippen molar-refractivity contribution in [1.82, 2.24) is 10.6 Å². The molecule has 0 spiro atoms. The Balaban J connectivity index is 2.43. The molecular weight excluding hydrogens is 293 g/mol. The van der Waals surface area contributed by atoms with Crippen molar-refractivity contribution in [1.29, 1.82) is 0 Å². The molecule has 1 aromatic rings.